The van der Waals surface area contributed by atoms with Gasteiger partial charge in [-0.2, -0.15) is 0 Å². The van der Waals surface area contributed by atoms with Crippen LogP contribution < -0.4 is 5.32 Å². The van der Waals surface area contributed by atoms with Crippen molar-refractivity contribution in [3.8, 4) is 0 Å². The fourth-order valence-electron chi connectivity index (χ4n) is 2.49. The number of amides is 1. The molecule has 2 aromatic rings. The zero-order valence-corrected chi connectivity index (χ0v) is 13.6. The molecule has 1 amide bonds. The number of hydrogen-bond acceptors (Lipinski definition) is 2. The molecule has 1 aromatic carbocycles. The highest BCUT2D eigenvalue weighted by Crippen LogP contribution is 2.18. The van der Waals surface area contributed by atoms with Gasteiger partial charge < -0.3 is 15.4 Å². The average molecular weight is 302 g/mol. The Morgan fingerprint density at radius 3 is 2.82 bits per heavy atom. The minimum atomic E-state index is -0.847. The molecule has 1 unspecified atom stereocenters. The number of benzene rings is 1. The van der Waals surface area contributed by atoms with Gasteiger partial charge in [0.25, 0.3) is 0 Å². The van der Waals surface area contributed by atoms with Gasteiger partial charge in [-0.1, -0.05) is 32.0 Å². The SMILES string of the molecule is CC(C)CCC(C)(O)CNC(=O)Cc1c[nH]c2ccccc12. The quantitative estimate of drug-likeness (QED) is 0.736. The number of carbonyl (C=O) groups is 1. The lowest BCUT2D eigenvalue weighted by Gasteiger charge is -2.24. The van der Waals surface area contributed by atoms with Crippen molar-refractivity contribution >= 4 is 16.8 Å². The number of H-pyrrole nitrogens is 1. The summed E-state index contributed by atoms with van der Waals surface area (Å²) in [7, 11) is 0. The third-order valence-electron chi connectivity index (χ3n) is 3.95. The van der Waals surface area contributed by atoms with E-state index < -0.39 is 5.60 Å². The predicted octanol–water partition coefficient (Wildman–Crippen LogP) is 3.01. The van der Waals surface area contributed by atoms with Crippen molar-refractivity contribution in [3.05, 3.63) is 36.0 Å². The van der Waals surface area contributed by atoms with Crippen molar-refractivity contribution in [3.63, 3.8) is 0 Å². The molecule has 22 heavy (non-hydrogen) atoms. The first-order chi connectivity index (χ1) is 10.4. The van der Waals surface area contributed by atoms with E-state index in [-0.39, 0.29) is 5.91 Å². The van der Waals surface area contributed by atoms with Gasteiger partial charge in [-0.3, -0.25) is 4.79 Å². The van der Waals surface area contributed by atoms with E-state index in [2.05, 4.69) is 24.1 Å². The number of para-hydroxylation sites is 1. The summed E-state index contributed by atoms with van der Waals surface area (Å²) in [6, 6.07) is 7.93. The lowest BCUT2D eigenvalue weighted by molar-refractivity contribution is -0.121. The molecule has 0 saturated heterocycles. The van der Waals surface area contributed by atoms with E-state index >= 15 is 0 Å². The number of nitrogens with one attached hydrogen (secondary N) is 2. The van der Waals surface area contributed by atoms with Gasteiger partial charge >= 0.3 is 0 Å². The summed E-state index contributed by atoms with van der Waals surface area (Å²) in [6.07, 6.45) is 3.84. The highest BCUT2D eigenvalue weighted by molar-refractivity contribution is 5.88. The van der Waals surface area contributed by atoms with Crippen LogP contribution in [0.2, 0.25) is 0 Å². The molecule has 4 nitrogen and oxygen atoms in total. The van der Waals surface area contributed by atoms with Crippen molar-refractivity contribution in [1.82, 2.24) is 10.3 Å². The Labute approximate surface area is 131 Å². The predicted molar refractivity (Wildman–Crippen MR) is 89.7 cm³/mol. The number of aromatic nitrogens is 1. The van der Waals surface area contributed by atoms with Crippen molar-refractivity contribution in [2.45, 2.75) is 45.6 Å². The Kier molecular flexibility index (Phi) is 5.24. The zero-order chi connectivity index (χ0) is 16.2. The molecule has 4 heteroatoms. The van der Waals surface area contributed by atoms with Crippen LogP contribution in [0.25, 0.3) is 10.9 Å². The Bertz CT molecular complexity index is 629. The number of aliphatic hydroxyl groups is 1. The average Bonchev–Trinajstić information content (AvgIpc) is 2.87. The normalized spacial score (nSPS) is 14.2. The molecule has 120 valence electrons. The molecule has 0 spiro atoms. The lowest BCUT2D eigenvalue weighted by Crippen LogP contribution is -2.41. The molecule has 0 saturated carbocycles. The molecule has 3 N–H and O–H groups in total. The molecule has 1 aromatic heterocycles. The summed E-state index contributed by atoms with van der Waals surface area (Å²) in [4.78, 5) is 15.3. The molecule has 0 fully saturated rings. The van der Waals surface area contributed by atoms with Gasteiger partial charge in [0, 0.05) is 23.6 Å². The standard InChI is InChI=1S/C18H26N2O2/c1-13(2)8-9-18(3,22)12-20-17(21)10-14-11-19-16-7-5-4-6-15(14)16/h4-7,11,13,19,22H,8-10,12H2,1-3H3,(H,20,21). The molecule has 2 rings (SSSR count). The Balaban J connectivity index is 1.88. The maximum absolute atomic E-state index is 12.1. The van der Waals surface area contributed by atoms with E-state index in [4.69, 9.17) is 0 Å². The van der Waals surface area contributed by atoms with Gasteiger partial charge in [-0.15, -0.1) is 0 Å². The van der Waals surface area contributed by atoms with Crippen LogP contribution in [-0.2, 0) is 11.2 Å². The van der Waals surface area contributed by atoms with Crippen molar-refractivity contribution in [1.29, 1.82) is 0 Å². The van der Waals surface area contributed by atoms with Gasteiger partial charge in [-0.05, 0) is 37.3 Å². The van der Waals surface area contributed by atoms with Crippen LogP contribution in [0.4, 0.5) is 0 Å². The third kappa shape index (κ3) is 4.60. The number of aromatic amines is 1. The molecular weight excluding hydrogens is 276 g/mol. The minimum absolute atomic E-state index is 0.0606. The number of rotatable bonds is 7. The Hall–Kier alpha value is -1.81. The number of carbonyl (C=O) groups excluding carboxylic acids is 1. The van der Waals surface area contributed by atoms with Crippen molar-refractivity contribution < 1.29 is 9.90 Å². The molecule has 0 aliphatic heterocycles. The van der Waals surface area contributed by atoms with Crippen molar-refractivity contribution in [2.75, 3.05) is 6.54 Å². The van der Waals surface area contributed by atoms with Crippen LogP contribution in [0.3, 0.4) is 0 Å². The number of fused-ring (bicyclic) bond motifs is 1. The molecule has 1 atom stereocenters. The van der Waals surface area contributed by atoms with Crippen molar-refractivity contribution in [2.24, 2.45) is 5.92 Å². The summed E-state index contributed by atoms with van der Waals surface area (Å²) >= 11 is 0. The maximum atomic E-state index is 12.1. The second-order valence-electron chi connectivity index (χ2n) is 6.74. The topological polar surface area (TPSA) is 65.1 Å². The van der Waals surface area contributed by atoms with E-state index in [0.29, 0.717) is 25.3 Å². The summed E-state index contributed by atoms with van der Waals surface area (Å²) < 4.78 is 0. The summed E-state index contributed by atoms with van der Waals surface area (Å²) in [5.41, 5.74) is 1.17. The van der Waals surface area contributed by atoms with Crippen LogP contribution in [0.1, 0.15) is 39.2 Å². The second-order valence-corrected chi connectivity index (χ2v) is 6.74. The van der Waals surface area contributed by atoms with E-state index in [0.717, 1.165) is 22.9 Å². The molecule has 0 bridgehead atoms. The van der Waals surface area contributed by atoms with Gasteiger partial charge in [0.15, 0.2) is 0 Å². The van der Waals surface area contributed by atoms with Crippen LogP contribution >= 0.6 is 0 Å². The molecule has 1 heterocycles. The second kappa shape index (κ2) is 6.97. The van der Waals surface area contributed by atoms with Crippen LogP contribution in [0, 0.1) is 5.92 Å². The highest BCUT2D eigenvalue weighted by Gasteiger charge is 2.21. The largest absolute Gasteiger partial charge is 0.388 e. The van der Waals surface area contributed by atoms with Gasteiger partial charge in [0.2, 0.25) is 5.91 Å². The molecule has 0 aliphatic rings. The summed E-state index contributed by atoms with van der Waals surface area (Å²) in [5, 5.41) is 14.2. The molecular formula is C18H26N2O2. The zero-order valence-electron chi connectivity index (χ0n) is 13.6. The van der Waals surface area contributed by atoms with Gasteiger partial charge in [0.1, 0.15) is 0 Å². The molecule has 0 aliphatic carbocycles. The van der Waals surface area contributed by atoms with E-state index in [1.165, 1.54) is 0 Å². The first kappa shape index (κ1) is 16.6. The monoisotopic (exact) mass is 302 g/mol. The summed E-state index contributed by atoms with van der Waals surface area (Å²) in [5.74, 6) is 0.489. The fourth-order valence-corrected chi connectivity index (χ4v) is 2.49. The first-order valence-corrected chi connectivity index (χ1v) is 7.91. The first-order valence-electron chi connectivity index (χ1n) is 7.91. The third-order valence-corrected chi connectivity index (χ3v) is 3.95. The van der Waals surface area contributed by atoms with Crippen LogP contribution in [-0.4, -0.2) is 28.1 Å². The minimum Gasteiger partial charge on any atom is -0.388 e. The molecule has 0 radical (unpaired) electrons. The summed E-state index contributed by atoms with van der Waals surface area (Å²) in [6.45, 7) is 6.33. The Morgan fingerprint density at radius 2 is 2.09 bits per heavy atom. The van der Waals surface area contributed by atoms with Gasteiger partial charge in [0.05, 0.1) is 12.0 Å². The van der Waals surface area contributed by atoms with E-state index in [1.54, 1.807) is 6.92 Å². The fraction of sp³-hybridized carbons (Fsp3) is 0.500. The Morgan fingerprint density at radius 1 is 1.36 bits per heavy atom. The van der Waals surface area contributed by atoms with Crippen LogP contribution in [0.15, 0.2) is 30.5 Å². The van der Waals surface area contributed by atoms with E-state index in [1.807, 2.05) is 30.5 Å². The highest BCUT2D eigenvalue weighted by atomic mass is 16.3. The van der Waals surface area contributed by atoms with Gasteiger partial charge in [-0.25, -0.2) is 0 Å². The smallest absolute Gasteiger partial charge is 0.224 e. The number of hydrogen-bond donors (Lipinski definition) is 3. The lowest BCUT2D eigenvalue weighted by atomic mass is 9.95. The maximum Gasteiger partial charge on any atom is 0.224 e. The van der Waals surface area contributed by atoms with E-state index in [9.17, 15) is 9.90 Å². The van der Waals surface area contributed by atoms with Crippen LogP contribution in [0.5, 0.6) is 0 Å².